The van der Waals surface area contributed by atoms with Gasteiger partial charge in [0.1, 0.15) is 0 Å². The van der Waals surface area contributed by atoms with Gasteiger partial charge in [0.25, 0.3) is 0 Å². The Bertz CT molecular complexity index is 582. The van der Waals surface area contributed by atoms with Gasteiger partial charge in [0.05, 0.1) is 0 Å². The fourth-order valence-electron chi connectivity index (χ4n) is 2.45. The summed E-state index contributed by atoms with van der Waals surface area (Å²) >= 11 is 3.55. The molecule has 84 valence electrons. The minimum absolute atomic E-state index is 0.498. The molecule has 0 spiro atoms. The van der Waals surface area contributed by atoms with E-state index in [4.69, 9.17) is 0 Å². The number of hydrogen-bond donors (Lipinski definition) is 0. The highest BCUT2D eigenvalue weighted by atomic mass is 79.9. The Kier molecular flexibility index (Phi) is 2.64. The quantitative estimate of drug-likeness (QED) is 0.691. The molecule has 0 aromatic heterocycles. The molecule has 1 aliphatic carbocycles. The van der Waals surface area contributed by atoms with E-state index in [0.717, 1.165) is 4.47 Å². The van der Waals surface area contributed by atoms with Gasteiger partial charge in [-0.3, -0.25) is 0 Å². The Morgan fingerprint density at radius 1 is 1.00 bits per heavy atom. The Morgan fingerprint density at radius 3 is 2.53 bits per heavy atom. The molecule has 0 N–H and O–H groups in total. The van der Waals surface area contributed by atoms with E-state index in [-0.39, 0.29) is 0 Å². The summed E-state index contributed by atoms with van der Waals surface area (Å²) in [7, 11) is 0. The monoisotopic (exact) mass is 284 g/mol. The van der Waals surface area contributed by atoms with E-state index in [2.05, 4.69) is 77.5 Å². The maximum Gasteiger partial charge on any atom is 0.0178 e. The van der Waals surface area contributed by atoms with Gasteiger partial charge in [-0.15, -0.1) is 0 Å². The summed E-state index contributed by atoms with van der Waals surface area (Å²) in [4.78, 5) is 0. The Hall–Kier alpha value is -1.34. The van der Waals surface area contributed by atoms with Gasteiger partial charge in [0.2, 0.25) is 0 Å². The molecule has 0 aliphatic heterocycles. The number of allylic oxidation sites excluding steroid dienone is 1. The van der Waals surface area contributed by atoms with Crippen LogP contribution in [0.1, 0.15) is 29.5 Å². The largest absolute Gasteiger partial charge is 0.0688 e. The maximum atomic E-state index is 3.55. The first kappa shape index (κ1) is 10.8. The average Bonchev–Trinajstić information content (AvgIpc) is 2.68. The van der Waals surface area contributed by atoms with Crippen molar-refractivity contribution in [2.75, 3.05) is 0 Å². The molecular weight excluding hydrogens is 272 g/mol. The molecule has 1 atom stereocenters. The molecule has 0 saturated heterocycles. The van der Waals surface area contributed by atoms with Crippen molar-refractivity contribution in [3.05, 3.63) is 75.8 Å². The standard InChI is InChI=1S/C16H13Br/c1-11-9-16(12-5-3-2-4-6-12)14-8-7-13(17)10-15(11)14/h2-11H,1H3. The van der Waals surface area contributed by atoms with E-state index in [1.807, 2.05) is 0 Å². The second-order valence-corrected chi connectivity index (χ2v) is 5.38. The summed E-state index contributed by atoms with van der Waals surface area (Å²) in [6.45, 7) is 2.25. The SMILES string of the molecule is CC1C=C(c2ccccc2)c2ccc(Br)cc21. The van der Waals surface area contributed by atoms with E-state index in [1.165, 1.54) is 22.3 Å². The summed E-state index contributed by atoms with van der Waals surface area (Å²) in [6, 6.07) is 17.2. The van der Waals surface area contributed by atoms with Crippen molar-refractivity contribution in [1.29, 1.82) is 0 Å². The van der Waals surface area contributed by atoms with Crippen LogP contribution in [-0.4, -0.2) is 0 Å². The molecule has 2 aromatic carbocycles. The first-order valence-corrected chi connectivity index (χ1v) is 6.62. The van der Waals surface area contributed by atoms with Crippen LogP contribution in [0.5, 0.6) is 0 Å². The molecule has 0 bridgehead atoms. The van der Waals surface area contributed by atoms with Crippen molar-refractivity contribution in [3.8, 4) is 0 Å². The predicted octanol–water partition coefficient (Wildman–Crippen LogP) is 5.00. The van der Waals surface area contributed by atoms with Crippen LogP contribution in [0.2, 0.25) is 0 Å². The fraction of sp³-hybridized carbons (Fsp3) is 0.125. The average molecular weight is 285 g/mol. The Balaban J connectivity index is 2.15. The van der Waals surface area contributed by atoms with Crippen LogP contribution in [-0.2, 0) is 0 Å². The summed E-state index contributed by atoms with van der Waals surface area (Å²) in [5, 5.41) is 0. The minimum Gasteiger partial charge on any atom is -0.0688 e. The van der Waals surface area contributed by atoms with Gasteiger partial charge >= 0.3 is 0 Å². The van der Waals surface area contributed by atoms with Gasteiger partial charge in [-0.1, -0.05) is 65.3 Å². The van der Waals surface area contributed by atoms with E-state index < -0.39 is 0 Å². The molecule has 3 rings (SSSR count). The molecule has 0 radical (unpaired) electrons. The van der Waals surface area contributed by atoms with Gasteiger partial charge < -0.3 is 0 Å². The van der Waals surface area contributed by atoms with Crippen molar-refractivity contribution in [2.24, 2.45) is 0 Å². The molecule has 0 heterocycles. The topological polar surface area (TPSA) is 0 Å². The van der Waals surface area contributed by atoms with Gasteiger partial charge in [0.15, 0.2) is 0 Å². The number of rotatable bonds is 1. The number of fused-ring (bicyclic) bond motifs is 1. The van der Waals surface area contributed by atoms with E-state index in [0.29, 0.717) is 5.92 Å². The molecular formula is C16H13Br. The predicted molar refractivity (Wildman–Crippen MR) is 76.1 cm³/mol. The lowest BCUT2D eigenvalue weighted by molar-refractivity contribution is 0.988. The zero-order valence-corrected chi connectivity index (χ0v) is 11.2. The fourth-order valence-corrected chi connectivity index (χ4v) is 2.83. The normalized spacial score (nSPS) is 17.8. The highest BCUT2D eigenvalue weighted by Gasteiger charge is 2.20. The smallest absolute Gasteiger partial charge is 0.0178 e. The third-order valence-corrected chi connectivity index (χ3v) is 3.79. The van der Waals surface area contributed by atoms with E-state index in [9.17, 15) is 0 Å². The summed E-state index contributed by atoms with van der Waals surface area (Å²) < 4.78 is 1.16. The summed E-state index contributed by atoms with van der Waals surface area (Å²) in [6.07, 6.45) is 2.35. The van der Waals surface area contributed by atoms with Crippen LogP contribution in [0.3, 0.4) is 0 Å². The zero-order valence-electron chi connectivity index (χ0n) is 9.65. The Labute approximate surface area is 110 Å². The molecule has 0 fully saturated rings. The van der Waals surface area contributed by atoms with Crippen molar-refractivity contribution < 1.29 is 0 Å². The lowest BCUT2D eigenvalue weighted by atomic mass is 9.98. The van der Waals surface area contributed by atoms with E-state index >= 15 is 0 Å². The van der Waals surface area contributed by atoms with Gasteiger partial charge in [0, 0.05) is 10.4 Å². The second-order valence-electron chi connectivity index (χ2n) is 4.47. The van der Waals surface area contributed by atoms with Gasteiger partial charge in [-0.25, -0.2) is 0 Å². The third kappa shape index (κ3) is 1.85. The van der Waals surface area contributed by atoms with Crippen LogP contribution in [0.4, 0.5) is 0 Å². The zero-order chi connectivity index (χ0) is 11.8. The van der Waals surface area contributed by atoms with Crippen LogP contribution in [0.25, 0.3) is 5.57 Å². The van der Waals surface area contributed by atoms with Crippen LogP contribution >= 0.6 is 15.9 Å². The summed E-state index contributed by atoms with van der Waals surface area (Å²) in [5.41, 5.74) is 5.45. The number of hydrogen-bond acceptors (Lipinski definition) is 0. The molecule has 17 heavy (non-hydrogen) atoms. The first-order chi connectivity index (χ1) is 8.25. The minimum atomic E-state index is 0.498. The van der Waals surface area contributed by atoms with Crippen LogP contribution in [0, 0.1) is 0 Å². The van der Waals surface area contributed by atoms with Crippen molar-refractivity contribution >= 4 is 21.5 Å². The van der Waals surface area contributed by atoms with Crippen LogP contribution < -0.4 is 0 Å². The van der Waals surface area contributed by atoms with Crippen molar-refractivity contribution in [3.63, 3.8) is 0 Å². The molecule has 1 heteroatoms. The highest BCUT2D eigenvalue weighted by Crippen LogP contribution is 2.40. The Morgan fingerprint density at radius 2 is 1.76 bits per heavy atom. The van der Waals surface area contributed by atoms with Crippen molar-refractivity contribution in [1.82, 2.24) is 0 Å². The summed E-state index contributed by atoms with van der Waals surface area (Å²) in [5.74, 6) is 0.498. The number of benzene rings is 2. The first-order valence-electron chi connectivity index (χ1n) is 5.83. The lowest BCUT2D eigenvalue weighted by Gasteiger charge is -2.07. The third-order valence-electron chi connectivity index (χ3n) is 3.30. The molecule has 0 amide bonds. The van der Waals surface area contributed by atoms with Crippen molar-refractivity contribution in [2.45, 2.75) is 12.8 Å². The molecule has 2 aromatic rings. The number of halogens is 1. The molecule has 1 aliphatic rings. The van der Waals surface area contributed by atoms with E-state index in [1.54, 1.807) is 0 Å². The van der Waals surface area contributed by atoms with Gasteiger partial charge in [-0.05, 0) is 34.4 Å². The van der Waals surface area contributed by atoms with Gasteiger partial charge in [-0.2, -0.15) is 0 Å². The van der Waals surface area contributed by atoms with Crippen LogP contribution in [0.15, 0.2) is 59.1 Å². The highest BCUT2D eigenvalue weighted by molar-refractivity contribution is 9.10. The molecule has 1 unspecified atom stereocenters. The molecule has 0 saturated carbocycles. The maximum absolute atomic E-state index is 3.55. The molecule has 0 nitrogen and oxygen atoms in total. The lowest BCUT2D eigenvalue weighted by Crippen LogP contribution is -1.88. The second kappa shape index (κ2) is 4.15.